The van der Waals surface area contributed by atoms with E-state index in [2.05, 4.69) is 10.3 Å². The first-order chi connectivity index (χ1) is 12.9. The summed E-state index contributed by atoms with van der Waals surface area (Å²) in [5.41, 5.74) is 1.90. The lowest BCUT2D eigenvalue weighted by atomic mass is 10.2. The largest absolute Gasteiger partial charge is 0.452 e. The number of nitrogens with one attached hydrogen (secondary N) is 1. The zero-order chi connectivity index (χ0) is 19.4. The number of carbonyl (C=O) groups excluding carboxylic acids is 2. The number of hydrogen-bond acceptors (Lipinski definition) is 4. The fourth-order valence-electron chi connectivity index (χ4n) is 2.37. The Balaban J connectivity index is 1.58. The third-order valence-electron chi connectivity index (χ3n) is 3.64. The van der Waals surface area contributed by atoms with Gasteiger partial charge >= 0.3 is 5.97 Å². The van der Waals surface area contributed by atoms with Crippen molar-refractivity contribution in [2.24, 2.45) is 0 Å². The van der Waals surface area contributed by atoms with Crippen LogP contribution in [-0.4, -0.2) is 27.9 Å². The normalized spacial score (nSPS) is 11.1. The smallest absolute Gasteiger partial charge is 0.331 e. The Labute approximate surface area is 159 Å². The minimum absolute atomic E-state index is 0.0229. The number of carbonyl (C=O) groups is 2. The molecule has 0 saturated carbocycles. The van der Waals surface area contributed by atoms with Crippen molar-refractivity contribution >= 4 is 40.9 Å². The molecule has 0 fully saturated rings. The number of rotatable bonds is 5. The summed E-state index contributed by atoms with van der Waals surface area (Å²) < 4.78 is 20.3. The summed E-state index contributed by atoms with van der Waals surface area (Å²) in [5.74, 6) is -1.94. The number of halogens is 2. The summed E-state index contributed by atoms with van der Waals surface area (Å²) in [6, 6.07) is 9.79. The molecule has 1 amide bonds. The van der Waals surface area contributed by atoms with Gasteiger partial charge in [-0.25, -0.2) is 14.2 Å². The van der Waals surface area contributed by atoms with E-state index in [0.717, 1.165) is 11.6 Å². The highest BCUT2D eigenvalue weighted by atomic mass is 35.5. The summed E-state index contributed by atoms with van der Waals surface area (Å²) in [6.45, 7) is 1.19. The zero-order valence-corrected chi connectivity index (χ0v) is 15.0. The topological polar surface area (TPSA) is 72.7 Å². The van der Waals surface area contributed by atoms with E-state index in [1.54, 1.807) is 35.7 Å². The molecule has 3 rings (SSSR count). The van der Waals surface area contributed by atoms with Crippen molar-refractivity contribution in [1.29, 1.82) is 0 Å². The summed E-state index contributed by atoms with van der Waals surface area (Å²) in [5, 5.41) is 2.58. The molecule has 27 heavy (non-hydrogen) atoms. The maximum Gasteiger partial charge on any atom is 0.331 e. The number of aryl methyl sites for hydroxylation is 1. The van der Waals surface area contributed by atoms with Gasteiger partial charge < -0.3 is 10.1 Å². The van der Waals surface area contributed by atoms with Crippen molar-refractivity contribution in [3.05, 3.63) is 70.9 Å². The fourth-order valence-corrected chi connectivity index (χ4v) is 2.62. The number of pyridine rings is 1. The van der Waals surface area contributed by atoms with Crippen LogP contribution in [0, 0.1) is 12.7 Å². The SMILES string of the molecule is Cc1ccc(NC(=O)COC(=O)/C=C/c2c(Cl)nc3ccccn23)c(F)c1. The van der Waals surface area contributed by atoms with Crippen LogP contribution in [0.3, 0.4) is 0 Å². The van der Waals surface area contributed by atoms with Crippen LogP contribution < -0.4 is 5.32 Å². The van der Waals surface area contributed by atoms with Gasteiger partial charge in [0, 0.05) is 12.3 Å². The van der Waals surface area contributed by atoms with E-state index in [1.807, 2.05) is 6.07 Å². The molecular formula is C19H15ClFN3O3. The van der Waals surface area contributed by atoms with E-state index in [1.165, 1.54) is 18.2 Å². The lowest BCUT2D eigenvalue weighted by Gasteiger charge is -2.07. The molecule has 0 spiro atoms. The van der Waals surface area contributed by atoms with Crippen LogP contribution >= 0.6 is 11.6 Å². The second-order valence-corrected chi connectivity index (χ2v) is 6.05. The fraction of sp³-hybridized carbons (Fsp3) is 0.105. The summed E-state index contributed by atoms with van der Waals surface area (Å²) >= 11 is 6.06. The molecule has 3 aromatic rings. The van der Waals surface area contributed by atoms with E-state index >= 15 is 0 Å². The number of aromatic nitrogens is 2. The van der Waals surface area contributed by atoms with E-state index < -0.39 is 24.3 Å². The number of imidazole rings is 1. The van der Waals surface area contributed by atoms with Gasteiger partial charge in [0.1, 0.15) is 11.5 Å². The third kappa shape index (κ3) is 4.51. The van der Waals surface area contributed by atoms with Crippen LogP contribution in [0.15, 0.2) is 48.7 Å². The molecule has 1 aromatic carbocycles. The Bertz CT molecular complexity index is 1050. The number of hydrogen-bond donors (Lipinski definition) is 1. The predicted molar refractivity (Wildman–Crippen MR) is 100.0 cm³/mol. The number of anilines is 1. The van der Waals surface area contributed by atoms with E-state index in [4.69, 9.17) is 16.3 Å². The first kappa shape index (κ1) is 18.6. The molecule has 0 aliphatic rings. The number of benzene rings is 1. The quantitative estimate of drug-likeness (QED) is 0.536. The van der Waals surface area contributed by atoms with Gasteiger partial charge in [-0.05, 0) is 42.8 Å². The lowest BCUT2D eigenvalue weighted by Crippen LogP contribution is -2.20. The lowest BCUT2D eigenvalue weighted by molar-refractivity contribution is -0.142. The first-order valence-corrected chi connectivity index (χ1v) is 8.35. The van der Waals surface area contributed by atoms with Gasteiger partial charge in [-0.15, -0.1) is 0 Å². The average molecular weight is 388 g/mol. The van der Waals surface area contributed by atoms with Crippen molar-refractivity contribution in [2.75, 3.05) is 11.9 Å². The summed E-state index contributed by atoms with van der Waals surface area (Å²) in [4.78, 5) is 27.8. The van der Waals surface area contributed by atoms with Crippen molar-refractivity contribution in [3.8, 4) is 0 Å². The highest BCUT2D eigenvalue weighted by Crippen LogP contribution is 2.19. The third-order valence-corrected chi connectivity index (χ3v) is 3.92. The molecule has 0 radical (unpaired) electrons. The minimum Gasteiger partial charge on any atom is -0.452 e. The second-order valence-electron chi connectivity index (χ2n) is 5.69. The van der Waals surface area contributed by atoms with Crippen LogP contribution in [0.25, 0.3) is 11.7 Å². The van der Waals surface area contributed by atoms with Crippen molar-refractivity contribution in [1.82, 2.24) is 9.38 Å². The minimum atomic E-state index is -0.739. The molecule has 0 aliphatic heterocycles. The molecule has 0 aliphatic carbocycles. The van der Waals surface area contributed by atoms with Crippen molar-refractivity contribution in [3.63, 3.8) is 0 Å². The van der Waals surface area contributed by atoms with Crippen LogP contribution in [0.5, 0.6) is 0 Å². The van der Waals surface area contributed by atoms with Gasteiger partial charge in [-0.2, -0.15) is 0 Å². The Morgan fingerprint density at radius 1 is 1.33 bits per heavy atom. The zero-order valence-electron chi connectivity index (χ0n) is 14.3. The highest BCUT2D eigenvalue weighted by Gasteiger charge is 2.10. The van der Waals surface area contributed by atoms with Crippen LogP contribution in [0.4, 0.5) is 10.1 Å². The Morgan fingerprint density at radius 2 is 2.15 bits per heavy atom. The number of esters is 1. The molecule has 0 bridgehead atoms. The maximum absolute atomic E-state index is 13.7. The van der Waals surface area contributed by atoms with Gasteiger partial charge in [-0.3, -0.25) is 9.20 Å². The standard InChI is InChI=1S/C19H15ClFN3O3/c1-12-5-6-14(13(21)10-12)22-17(25)11-27-18(26)8-7-15-19(20)23-16-4-2-3-9-24(15)16/h2-10H,11H2,1H3,(H,22,25)/b8-7+. The number of nitrogens with zero attached hydrogens (tertiary/aromatic N) is 2. The molecule has 2 heterocycles. The van der Waals surface area contributed by atoms with E-state index in [9.17, 15) is 14.0 Å². The summed E-state index contributed by atoms with van der Waals surface area (Å²) in [6.07, 6.45) is 4.34. The van der Waals surface area contributed by atoms with Crippen LogP contribution in [-0.2, 0) is 14.3 Å². The van der Waals surface area contributed by atoms with Gasteiger partial charge in [0.15, 0.2) is 11.8 Å². The second kappa shape index (κ2) is 8.01. The van der Waals surface area contributed by atoms with Gasteiger partial charge in [-0.1, -0.05) is 23.7 Å². The molecule has 0 saturated heterocycles. The number of amides is 1. The van der Waals surface area contributed by atoms with Gasteiger partial charge in [0.05, 0.1) is 11.4 Å². The van der Waals surface area contributed by atoms with Crippen molar-refractivity contribution < 1.29 is 18.7 Å². The Kier molecular flexibility index (Phi) is 5.52. The number of fused-ring (bicyclic) bond motifs is 1. The molecule has 0 atom stereocenters. The first-order valence-electron chi connectivity index (χ1n) is 7.97. The van der Waals surface area contributed by atoms with Crippen molar-refractivity contribution in [2.45, 2.75) is 6.92 Å². The monoisotopic (exact) mass is 387 g/mol. The van der Waals surface area contributed by atoms with Crippen LogP contribution in [0.2, 0.25) is 5.15 Å². The molecule has 2 aromatic heterocycles. The van der Waals surface area contributed by atoms with E-state index in [-0.39, 0.29) is 10.8 Å². The van der Waals surface area contributed by atoms with Gasteiger partial charge in [0.25, 0.3) is 5.91 Å². The maximum atomic E-state index is 13.7. The number of ether oxygens (including phenoxy) is 1. The highest BCUT2D eigenvalue weighted by molar-refractivity contribution is 6.31. The van der Waals surface area contributed by atoms with E-state index in [0.29, 0.717) is 11.3 Å². The average Bonchev–Trinajstić information content (AvgIpc) is 2.95. The Hall–Kier alpha value is -3.19. The molecule has 8 heteroatoms. The summed E-state index contributed by atoms with van der Waals surface area (Å²) in [7, 11) is 0. The Morgan fingerprint density at radius 3 is 2.93 bits per heavy atom. The van der Waals surface area contributed by atoms with Gasteiger partial charge in [0.2, 0.25) is 0 Å². The molecule has 6 nitrogen and oxygen atoms in total. The predicted octanol–water partition coefficient (Wildman–Crippen LogP) is 3.63. The molecular weight excluding hydrogens is 373 g/mol. The van der Waals surface area contributed by atoms with Crippen LogP contribution in [0.1, 0.15) is 11.3 Å². The molecule has 0 unspecified atom stereocenters. The molecule has 138 valence electrons. The molecule has 1 N–H and O–H groups in total.